The van der Waals surface area contributed by atoms with E-state index in [4.69, 9.17) is 4.74 Å². The van der Waals surface area contributed by atoms with Crippen molar-refractivity contribution in [1.29, 1.82) is 5.26 Å². The number of carbonyl (C=O) groups is 1. The Morgan fingerprint density at radius 2 is 1.92 bits per heavy atom. The zero-order valence-corrected chi connectivity index (χ0v) is 13.6. The SMILES string of the molecule is COc1cccc(/C=C(\C#N)C(=O)c2ccccc2C)c1OC(F)F. The number of Topliss-reactive ketones (excluding diaryl/α,β-unsaturated/α-hetero) is 1. The molecule has 0 N–H and O–H groups in total. The van der Waals surface area contributed by atoms with Crippen molar-refractivity contribution in [3.05, 3.63) is 64.7 Å². The Labute approximate surface area is 143 Å². The number of ketones is 1. The van der Waals surface area contributed by atoms with Gasteiger partial charge in [0, 0.05) is 11.1 Å². The molecule has 2 aromatic carbocycles. The van der Waals surface area contributed by atoms with E-state index in [1.54, 1.807) is 37.3 Å². The molecule has 0 bridgehead atoms. The lowest BCUT2D eigenvalue weighted by Crippen LogP contribution is -2.07. The maximum Gasteiger partial charge on any atom is 0.387 e. The van der Waals surface area contributed by atoms with Gasteiger partial charge in [0.25, 0.3) is 0 Å². The van der Waals surface area contributed by atoms with E-state index in [9.17, 15) is 18.8 Å². The minimum Gasteiger partial charge on any atom is -0.493 e. The van der Waals surface area contributed by atoms with Crippen LogP contribution in [-0.4, -0.2) is 19.5 Å². The van der Waals surface area contributed by atoms with E-state index in [-0.39, 0.29) is 22.6 Å². The van der Waals surface area contributed by atoms with Gasteiger partial charge < -0.3 is 9.47 Å². The number of methoxy groups -OCH3 is 1. The fraction of sp³-hybridized carbons (Fsp3) is 0.158. The number of aryl methyl sites for hydroxylation is 1. The third-order valence-electron chi connectivity index (χ3n) is 3.49. The van der Waals surface area contributed by atoms with Crippen LogP contribution in [0, 0.1) is 18.3 Å². The minimum absolute atomic E-state index is 0.0784. The van der Waals surface area contributed by atoms with Crippen LogP contribution in [0.2, 0.25) is 0 Å². The second-order valence-corrected chi connectivity index (χ2v) is 5.07. The molecule has 0 spiro atoms. The molecule has 0 heterocycles. The summed E-state index contributed by atoms with van der Waals surface area (Å²) in [7, 11) is 1.31. The van der Waals surface area contributed by atoms with E-state index in [2.05, 4.69) is 4.74 Å². The third kappa shape index (κ3) is 4.21. The molecule has 0 unspecified atom stereocenters. The number of hydrogen-bond acceptors (Lipinski definition) is 4. The summed E-state index contributed by atoms with van der Waals surface area (Å²) in [6, 6.07) is 13.1. The van der Waals surface area contributed by atoms with Gasteiger partial charge in [0.2, 0.25) is 5.78 Å². The second-order valence-electron chi connectivity index (χ2n) is 5.07. The summed E-state index contributed by atoms with van der Waals surface area (Å²) in [5.41, 5.74) is 1.04. The number of allylic oxidation sites excluding steroid dienone is 1. The Balaban J connectivity index is 2.52. The maximum absolute atomic E-state index is 12.7. The average molecular weight is 343 g/mol. The molecular weight excluding hydrogens is 328 g/mol. The molecule has 0 aromatic heterocycles. The number of hydrogen-bond donors (Lipinski definition) is 0. The van der Waals surface area contributed by atoms with Crippen LogP contribution in [0.5, 0.6) is 11.5 Å². The predicted molar refractivity (Wildman–Crippen MR) is 88.7 cm³/mol. The lowest BCUT2D eigenvalue weighted by Gasteiger charge is -2.12. The van der Waals surface area contributed by atoms with Crippen LogP contribution in [0.25, 0.3) is 6.08 Å². The highest BCUT2D eigenvalue weighted by molar-refractivity contribution is 6.14. The molecule has 0 aliphatic rings. The number of nitriles is 1. The first-order valence-corrected chi connectivity index (χ1v) is 7.32. The van der Waals surface area contributed by atoms with Crippen LogP contribution in [0.4, 0.5) is 8.78 Å². The summed E-state index contributed by atoms with van der Waals surface area (Å²) in [5.74, 6) is -0.647. The molecule has 0 radical (unpaired) electrons. The van der Waals surface area contributed by atoms with Crippen LogP contribution in [0.3, 0.4) is 0 Å². The van der Waals surface area contributed by atoms with Crippen molar-refractivity contribution in [3.8, 4) is 17.6 Å². The molecule has 0 amide bonds. The summed E-state index contributed by atoms with van der Waals surface area (Å²) in [6.07, 6.45) is 1.22. The third-order valence-corrected chi connectivity index (χ3v) is 3.49. The van der Waals surface area contributed by atoms with Crippen LogP contribution in [0.1, 0.15) is 21.5 Å². The number of benzene rings is 2. The second kappa shape index (κ2) is 8.06. The fourth-order valence-corrected chi connectivity index (χ4v) is 2.30. The van der Waals surface area contributed by atoms with Crippen LogP contribution < -0.4 is 9.47 Å². The van der Waals surface area contributed by atoms with Crippen molar-refractivity contribution in [1.82, 2.24) is 0 Å². The number of ether oxygens (including phenoxy) is 2. The predicted octanol–water partition coefficient (Wildman–Crippen LogP) is 4.39. The smallest absolute Gasteiger partial charge is 0.387 e. The number of rotatable bonds is 6. The van der Waals surface area contributed by atoms with Crippen molar-refractivity contribution in [2.75, 3.05) is 7.11 Å². The minimum atomic E-state index is -3.07. The topological polar surface area (TPSA) is 59.3 Å². The maximum atomic E-state index is 12.7. The van der Waals surface area contributed by atoms with Crippen LogP contribution >= 0.6 is 0 Å². The quantitative estimate of drug-likeness (QED) is 0.443. The van der Waals surface area contributed by atoms with Crippen molar-refractivity contribution >= 4 is 11.9 Å². The van der Waals surface area contributed by atoms with Crippen LogP contribution in [-0.2, 0) is 0 Å². The molecule has 128 valence electrons. The zero-order chi connectivity index (χ0) is 18.4. The van der Waals surface area contributed by atoms with Gasteiger partial charge in [-0.1, -0.05) is 36.4 Å². The van der Waals surface area contributed by atoms with Gasteiger partial charge in [-0.15, -0.1) is 0 Å². The van der Waals surface area contributed by atoms with Gasteiger partial charge in [-0.25, -0.2) is 0 Å². The van der Waals surface area contributed by atoms with Gasteiger partial charge in [0.15, 0.2) is 11.5 Å². The highest BCUT2D eigenvalue weighted by Gasteiger charge is 2.18. The molecule has 0 aliphatic carbocycles. The fourth-order valence-electron chi connectivity index (χ4n) is 2.30. The van der Waals surface area contributed by atoms with E-state index < -0.39 is 12.4 Å². The largest absolute Gasteiger partial charge is 0.493 e. The van der Waals surface area contributed by atoms with Gasteiger partial charge in [0.05, 0.1) is 7.11 Å². The number of carbonyl (C=O) groups excluding carboxylic acids is 1. The number of para-hydroxylation sites is 1. The summed E-state index contributed by atoms with van der Waals surface area (Å²) >= 11 is 0. The van der Waals surface area contributed by atoms with Crippen molar-refractivity contribution in [2.45, 2.75) is 13.5 Å². The molecule has 6 heteroatoms. The normalized spacial score (nSPS) is 11.1. The Hall–Kier alpha value is -3.20. The average Bonchev–Trinajstić information content (AvgIpc) is 2.60. The number of alkyl halides is 2. The van der Waals surface area contributed by atoms with Crippen LogP contribution in [0.15, 0.2) is 48.0 Å². The molecule has 25 heavy (non-hydrogen) atoms. The standard InChI is InChI=1S/C19H15F2NO3/c1-12-6-3-4-8-15(12)17(23)14(11-22)10-13-7-5-9-16(24-2)18(13)25-19(20)21/h3-10,19H,1-2H3/b14-10+. The summed E-state index contributed by atoms with van der Waals surface area (Å²) in [5, 5.41) is 9.35. The van der Waals surface area contributed by atoms with Crippen molar-refractivity contribution in [2.24, 2.45) is 0 Å². The Bertz CT molecular complexity index is 854. The molecule has 2 rings (SSSR count). The first-order valence-electron chi connectivity index (χ1n) is 7.32. The Morgan fingerprint density at radius 1 is 1.20 bits per heavy atom. The lowest BCUT2D eigenvalue weighted by molar-refractivity contribution is -0.0513. The zero-order valence-electron chi connectivity index (χ0n) is 13.6. The first kappa shape index (κ1) is 18.1. The number of nitrogens with zero attached hydrogens (tertiary/aromatic N) is 1. The van der Waals surface area contributed by atoms with Gasteiger partial charge in [-0.3, -0.25) is 4.79 Å². The van der Waals surface area contributed by atoms with Gasteiger partial charge in [0.1, 0.15) is 11.6 Å². The Morgan fingerprint density at radius 3 is 2.52 bits per heavy atom. The first-order chi connectivity index (χ1) is 12.0. The van der Waals surface area contributed by atoms with Gasteiger partial charge in [-0.05, 0) is 24.6 Å². The van der Waals surface area contributed by atoms with E-state index in [0.29, 0.717) is 11.1 Å². The highest BCUT2D eigenvalue weighted by Crippen LogP contribution is 2.34. The molecule has 0 saturated heterocycles. The summed E-state index contributed by atoms with van der Waals surface area (Å²) < 4.78 is 34.9. The molecule has 4 nitrogen and oxygen atoms in total. The Kier molecular flexibility index (Phi) is 5.85. The molecule has 0 fully saturated rings. The molecule has 0 atom stereocenters. The number of halogens is 2. The van der Waals surface area contributed by atoms with E-state index in [1.807, 2.05) is 6.07 Å². The van der Waals surface area contributed by atoms with E-state index in [0.717, 1.165) is 0 Å². The van der Waals surface area contributed by atoms with E-state index in [1.165, 1.54) is 25.3 Å². The molecular formula is C19H15F2NO3. The highest BCUT2D eigenvalue weighted by atomic mass is 19.3. The van der Waals surface area contributed by atoms with Crippen molar-refractivity contribution < 1.29 is 23.0 Å². The molecule has 0 aliphatic heterocycles. The monoisotopic (exact) mass is 343 g/mol. The van der Waals surface area contributed by atoms with Gasteiger partial charge in [-0.2, -0.15) is 14.0 Å². The summed E-state index contributed by atoms with van der Waals surface area (Å²) in [4.78, 5) is 12.6. The van der Waals surface area contributed by atoms with Gasteiger partial charge >= 0.3 is 6.61 Å². The summed E-state index contributed by atoms with van der Waals surface area (Å²) in [6.45, 7) is -1.32. The molecule has 2 aromatic rings. The van der Waals surface area contributed by atoms with Crippen molar-refractivity contribution in [3.63, 3.8) is 0 Å². The van der Waals surface area contributed by atoms with E-state index >= 15 is 0 Å². The lowest BCUT2D eigenvalue weighted by atomic mass is 9.98. The molecule has 0 saturated carbocycles.